The Balaban J connectivity index is 1.97. The van der Waals surface area contributed by atoms with Crippen molar-refractivity contribution < 1.29 is 19.4 Å². The summed E-state index contributed by atoms with van der Waals surface area (Å²) in [5.41, 5.74) is 9.12. The second-order valence-corrected chi connectivity index (χ2v) is 8.37. The molecule has 1 aliphatic carbocycles. The molecule has 178 valence electrons. The van der Waals surface area contributed by atoms with E-state index in [1.165, 1.54) is 5.01 Å². The van der Waals surface area contributed by atoms with Gasteiger partial charge >= 0.3 is 0 Å². The van der Waals surface area contributed by atoms with Gasteiger partial charge in [0.2, 0.25) is 5.91 Å². The summed E-state index contributed by atoms with van der Waals surface area (Å²) < 4.78 is 10.9. The number of methoxy groups -OCH3 is 2. The number of aromatic hydroxyl groups is 1. The van der Waals surface area contributed by atoms with Gasteiger partial charge in [0.1, 0.15) is 17.2 Å². The van der Waals surface area contributed by atoms with Crippen molar-refractivity contribution in [3.63, 3.8) is 0 Å². The lowest BCUT2D eigenvalue weighted by Gasteiger charge is -2.30. The Kier molecular flexibility index (Phi) is 8.06. The lowest BCUT2D eigenvalue weighted by atomic mass is 10.0. The predicted molar refractivity (Wildman–Crippen MR) is 128 cm³/mol. The van der Waals surface area contributed by atoms with Gasteiger partial charge in [-0.1, -0.05) is 12.8 Å². The number of ether oxygens (including phenoxy) is 2. The van der Waals surface area contributed by atoms with E-state index in [0.29, 0.717) is 29.4 Å². The quantitative estimate of drug-likeness (QED) is 0.394. The number of hydrogen-bond donors (Lipinski definition) is 3. The number of amides is 1. The van der Waals surface area contributed by atoms with Crippen molar-refractivity contribution in [3.05, 3.63) is 59.3 Å². The highest BCUT2D eigenvalue weighted by atomic mass is 16.5. The average Bonchev–Trinajstić information content (AvgIpc) is 3.36. The van der Waals surface area contributed by atoms with Crippen molar-refractivity contribution in [2.45, 2.75) is 32.2 Å². The number of rotatable bonds is 9. The summed E-state index contributed by atoms with van der Waals surface area (Å²) in [5, 5.41) is 11.1. The van der Waals surface area contributed by atoms with E-state index in [1.807, 2.05) is 18.2 Å². The molecule has 2 aromatic rings. The first kappa shape index (κ1) is 24.3. The maximum atomic E-state index is 13.5. The Hall–Kier alpha value is -3.39. The van der Waals surface area contributed by atoms with Crippen LogP contribution < -0.4 is 21.1 Å². The fourth-order valence-electron chi connectivity index (χ4n) is 4.21. The third kappa shape index (κ3) is 5.90. The molecule has 0 unspecified atom stereocenters. The molecule has 0 bridgehead atoms. The molecule has 0 atom stereocenters. The largest absolute Gasteiger partial charge is 0.508 e. The summed E-state index contributed by atoms with van der Waals surface area (Å²) in [7, 11) is 4.91. The number of phenolic OH excluding ortho intramolecular Hbond substituents is 1. The molecular weight excluding hydrogens is 420 g/mol. The zero-order valence-electron chi connectivity index (χ0n) is 19.6. The van der Waals surface area contributed by atoms with Gasteiger partial charge in [-0.3, -0.25) is 4.79 Å². The maximum Gasteiger partial charge on any atom is 0.226 e. The van der Waals surface area contributed by atoms with E-state index in [0.717, 1.165) is 36.8 Å². The van der Waals surface area contributed by atoms with Crippen LogP contribution >= 0.6 is 0 Å². The third-order valence-electron chi connectivity index (χ3n) is 6.13. The summed E-state index contributed by atoms with van der Waals surface area (Å²) in [6.45, 7) is 0.590. The highest BCUT2D eigenvalue weighted by Crippen LogP contribution is 2.31. The molecule has 0 heterocycles. The molecule has 5 N–H and O–H groups in total. The molecule has 0 saturated heterocycles. The zero-order valence-corrected chi connectivity index (χ0v) is 19.6. The van der Waals surface area contributed by atoms with Crippen molar-refractivity contribution >= 4 is 11.6 Å². The van der Waals surface area contributed by atoms with Crippen LogP contribution in [0.5, 0.6) is 17.2 Å². The van der Waals surface area contributed by atoms with Gasteiger partial charge < -0.3 is 30.2 Å². The van der Waals surface area contributed by atoms with E-state index in [-0.39, 0.29) is 24.1 Å². The van der Waals surface area contributed by atoms with Gasteiger partial charge in [-0.25, -0.2) is 5.84 Å². The van der Waals surface area contributed by atoms with Crippen LogP contribution in [0, 0.1) is 5.92 Å². The van der Waals surface area contributed by atoms with Gasteiger partial charge in [0.05, 0.1) is 32.2 Å². The van der Waals surface area contributed by atoms with Gasteiger partial charge in [-0.05, 0) is 54.8 Å². The summed E-state index contributed by atoms with van der Waals surface area (Å²) >= 11 is 0. The minimum atomic E-state index is -0.00605. The number of benzene rings is 2. The second-order valence-electron chi connectivity index (χ2n) is 8.37. The molecule has 3 rings (SSSR count). The second kappa shape index (κ2) is 11.0. The molecule has 1 fully saturated rings. The first-order valence-electron chi connectivity index (χ1n) is 11.1. The van der Waals surface area contributed by atoms with E-state index in [1.54, 1.807) is 50.4 Å². The monoisotopic (exact) mass is 454 g/mol. The molecule has 1 saturated carbocycles. The summed E-state index contributed by atoms with van der Waals surface area (Å²) in [5.74, 6) is 7.73. The molecule has 1 amide bonds. The number of nitrogens with two attached hydrogens (primary N) is 2. The number of likely N-dealkylation sites (N-methyl/N-ethyl adjacent to an activating group) is 1. The fourth-order valence-corrected chi connectivity index (χ4v) is 4.21. The van der Waals surface area contributed by atoms with E-state index in [4.69, 9.17) is 21.1 Å². The number of carbonyl (C=O) groups is 1. The Bertz CT molecular complexity index is 982. The molecule has 2 aromatic carbocycles. The number of hydrogen-bond acceptors (Lipinski definition) is 7. The minimum Gasteiger partial charge on any atom is -0.508 e. The zero-order chi connectivity index (χ0) is 24.0. The summed E-state index contributed by atoms with van der Waals surface area (Å²) in [6.07, 6.45) is 3.90. The normalized spacial score (nSPS) is 14.5. The minimum absolute atomic E-state index is 0.00605. The smallest absolute Gasteiger partial charge is 0.226 e. The lowest BCUT2D eigenvalue weighted by Crippen LogP contribution is -2.41. The van der Waals surface area contributed by atoms with Crippen LogP contribution in [0.4, 0.5) is 0 Å². The van der Waals surface area contributed by atoms with Crippen LogP contribution in [0.15, 0.2) is 48.2 Å². The molecule has 0 spiro atoms. The van der Waals surface area contributed by atoms with Crippen LogP contribution in [-0.4, -0.2) is 48.7 Å². The molecule has 8 heteroatoms. The summed E-state index contributed by atoms with van der Waals surface area (Å²) in [4.78, 5) is 15.3. The van der Waals surface area contributed by atoms with Gasteiger partial charge in [0, 0.05) is 31.1 Å². The van der Waals surface area contributed by atoms with Crippen molar-refractivity contribution in [1.29, 1.82) is 0 Å². The molecule has 0 radical (unpaired) electrons. The maximum absolute atomic E-state index is 13.5. The van der Waals surface area contributed by atoms with Crippen LogP contribution in [0.3, 0.4) is 0 Å². The van der Waals surface area contributed by atoms with E-state index in [2.05, 4.69) is 0 Å². The van der Waals surface area contributed by atoms with Gasteiger partial charge in [-0.15, -0.1) is 0 Å². The molecular formula is C25H34N4O4. The van der Waals surface area contributed by atoms with Gasteiger partial charge in [0.25, 0.3) is 0 Å². The summed E-state index contributed by atoms with van der Waals surface area (Å²) in [6, 6.07) is 12.2. The molecule has 0 aromatic heterocycles. The molecule has 0 aliphatic heterocycles. The Labute approximate surface area is 195 Å². The SMILES string of the molecule is COc1ccc(CN(C/C(=C(/N)c2ccc(O)cc2)N(C)N)C(=O)C2CCCC2)c(OC)c1. The van der Waals surface area contributed by atoms with Crippen molar-refractivity contribution in [1.82, 2.24) is 9.91 Å². The van der Waals surface area contributed by atoms with Crippen molar-refractivity contribution in [2.75, 3.05) is 27.8 Å². The third-order valence-corrected chi connectivity index (χ3v) is 6.13. The highest BCUT2D eigenvalue weighted by Gasteiger charge is 2.29. The van der Waals surface area contributed by atoms with E-state index in [9.17, 15) is 9.90 Å². The predicted octanol–water partition coefficient (Wildman–Crippen LogP) is 3.06. The number of carbonyl (C=O) groups excluding carboxylic acids is 1. The van der Waals surface area contributed by atoms with Crippen molar-refractivity contribution in [2.24, 2.45) is 17.5 Å². The van der Waals surface area contributed by atoms with Crippen LogP contribution in [0.2, 0.25) is 0 Å². The number of hydrazine groups is 1. The molecule has 1 aliphatic rings. The number of nitrogens with zero attached hydrogens (tertiary/aromatic N) is 2. The van der Waals surface area contributed by atoms with Crippen LogP contribution in [0.1, 0.15) is 36.8 Å². The van der Waals surface area contributed by atoms with Gasteiger partial charge in [-0.2, -0.15) is 0 Å². The number of phenols is 1. The first-order valence-corrected chi connectivity index (χ1v) is 11.1. The highest BCUT2D eigenvalue weighted by molar-refractivity contribution is 5.80. The molecule has 8 nitrogen and oxygen atoms in total. The fraction of sp³-hybridized carbons (Fsp3) is 0.400. The Morgan fingerprint density at radius 2 is 1.76 bits per heavy atom. The average molecular weight is 455 g/mol. The van der Waals surface area contributed by atoms with E-state index < -0.39 is 0 Å². The first-order chi connectivity index (χ1) is 15.8. The van der Waals surface area contributed by atoms with E-state index >= 15 is 0 Å². The standard InChI is InChI=1S/C25H34N4O4/c1-28(27)22(24(26)17-8-11-20(30)12-9-17)16-29(25(31)18-6-4-5-7-18)15-19-10-13-21(32-2)14-23(19)33-3/h8-14,18,30H,4-7,15-16,26-27H2,1-3H3/b24-22-. The van der Waals surface area contributed by atoms with Gasteiger partial charge in [0.15, 0.2) is 0 Å². The van der Waals surface area contributed by atoms with Crippen LogP contribution in [0.25, 0.3) is 5.70 Å². The Morgan fingerprint density at radius 1 is 1.09 bits per heavy atom. The topological polar surface area (TPSA) is 114 Å². The van der Waals surface area contributed by atoms with Crippen molar-refractivity contribution in [3.8, 4) is 17.2 Å². The molecule has 33 heavy (non-hydrogen) atoms. The Morgan fingerprint density at radius 3 is 2.33 bits per heavy atom. The van der Waals surface area contributed by atoms with Crippen LogP contribution in [-0.2, 0) is 11.3 Å². The lowest BCUT2D eigenvalue weighted by molar-refractivity contribution is -0.135.